The van der Waals surface area contributed by atoms with Crippen LogP contribution < -0.4 is 10.6 Å². The number of carbonyl (C=O) groups excluding carboxylic acids is 1. The normalized spacial score (nSPS) is 20.0. The molecular formula is C25H26F3N5O. The average Bonchev–Trinajstić information content (AvgIpc) is 3.51. The van der Waals surface area contributed by atoms with Gasteiger partial charge in [0.25, 0.3) is 6.43 Å². The molecule has 178 valence electrons. The molecule has 2 aliphatic rings. The van der Waals surface area contributed by atoms with Crippen LogP contribution in [-0.4, -0.2) is 52.8 Å². The van der Waals surface area contributed by atoms with Gasteiger partial charge in [0.1, 0.15) is 11.6 Å². The van der Waals surface area contributed by atoms with Crippen LogP contribution in [0.15, 0.2) is 54.6 Å². The fourth-order valence-corrected chi connectivity index (χ4v) is 5.01. The maximum absolute atomic E-state index is 13.4. The minimum atomic E-state index is -2.47. The Morgan fingerprint density at radius 2 is 1.82 bits per heavy atom. The summed E-state index contributed by atoms with van der Waals surface area (Å²) < 4.78 is 41.3. The van der Waals surface area contributed by atoms with E-state index < -0.39 is 18.5 Å². The number of fused-ring (bicyclic) bond motifs is 1. The van der Waals surface area contributed by atoms with Crippen LogP contribution >= 0.6 is 0 Å². The maximum Gasteiger partial charge on any atom is 0.320 e. The molecule has 34 heavy (non-hydrogen) atoms. The number of hydrogen-bond acceptors (Lipinski definition) is 3. The van der Waals surface area contributed by atoms with Gasteiger partial charge in [-0.05, 0) is 49.1 Å². The van der Waals surface area contributed by atoms with E-state index in [-0.39, 0.29) is 24.8 Å². The Balaban J connectivity index is 1.36. The molecule has 0 saturated carbocycles. The highest BCUT2D eigenvalue weighted by atomic mass is 19.3. The lowest BCUT2D eigenvalue weighted by Gasteiger charge is -2.21. The number of aryl methyl sites for hydroxylation is 1. The lowest BCUT2D eigenvalue weighted by atomic mass is 9.94. The lowest BCUT2D eigenvalue weighted by Crippen LogP contribution is -2.42. The number of nitrogens with zero attached hydrogens (tertiary/aromatic N) is 3. The number of alkyl halides is 2. The van der Waals surface area contributed by atoms with Gasteiger partial charge in [0.15, 0.2) is 0 Å². The summed E-state index contributed by atoms with van der Waals surface area (Å²) in [7, 11) is 0. The third-order valence-corrected chi connectivity index (χ3v) is 6.55. The van der Waals surface area contributed by atoms with E-state index in [2.05, 4.69) is 10.6 Å². The molecule has 3 aromatic rings. The Bertz CT molecular complexity index is 1150. The number of para-hydroxylation sites is 1. The molecule has 2 heterocycles. The fourth-order valence-electron chi connectivity index (χ4n) is 5.01. The van der Waals surface area contributed by atoms with Crippen LogP contribution in [-0.2, 0) is 12.8 Å². The summed E-state index contributed by atoms with van der Waals surface area (Å²) >= 11 is 0. The van der Waals surface area contributed by atoms with Gasteiger partial charge in [-0.15, -0.1) is 0 Å². The second-order valence-electron chi connectivity index (χ2n) is 8.85. The van der Waals surface area contributed by atoms with E-state index in [1.165, 1.54) is 12.1 Å². The fraction of sp³-hybridized carbons (Fsp3) is 0.360. The molecule has 0 unspecified atom stereocenters. The van der Waals surface area contributed by atoms with Crippen LogP contribution in [0.3, 0.4) is 0 Å². The number of urea groups is 1. The summed E-state index contributed by atoms with van der Waals surface area (Å²) in [6.07, 6.45) is 0.219. The van der Waals surface area contributed by atoms with Crippen LogP contribution in [0.4, 0.5) is 23.8 Å². The standard InChI is InChI=1S/C25H26F3N5O/c26-17-11-9-16(10-12-17)20-13-32(15-23(27)28)14-22(20)29-25(34)30-24-19-7-4-8-21(19)31-33(24)18-5-2-1-3-6-18/h1-3,5-6,9-12,20,22-23H,4,7-8,13-15H2,(H2,29,30,34)/t20-,22+/m1/s1. The first-order valence-electron chi connectivity index (χ1n) is 11.5. The molecule has 1 aliphatic carbocycles. The van der Waals surface area contributed by atoms with Crippen molar-refractivity contribution in [1.29, 1.82) is 0 Å². The Morgan fingerprint density at radius 1 is 1.06 bits per heavy atom. The van der Waals surface area contributed by atoms with E-state index in [0.29, 0.717) is 12.4 Å². The molecule has 0 bridgehead atoms. The summed E-state index contributed by atoms with van der Waals surface area (Å²) in [5.74, 6) is 0.0447. The number of anilines is 1. The van der Waals surface area contributed by atoms with Crippen LogP contribution in [0.2, 0.25) is 0 Å². The lowest BCUT2D eigenvalue weighted by molar-refractivity contribution is 0.0983. The molecule has 0 spiro atoms. The van der Waals surface area contributed by atoms with Crippen molar-refractivity contribution in [2.45, 2.75) is 37.6 Å². The monoisotopic (exact) mass is 469 g/mol. The number of benzene rings is 2. The summed E-state index contributed by atoms with van der Waals surface area (Å²) in [5, 5.41) is 10.7. The van der Waals surface area contributed by atoms with Gasteiger partial charge < -0.3 is 5.32 Å². The Kier molecular flexibility index (Phi) is 6.28. The Labute approximate surface area is 195 Å². The highest BCUT2D eigenvalue weighted by molar-refractivity contribution is 5.90. The van der Waals surface area contributed by atoms with Crippen molar-refractivity contribution in [2.75, 3.05) is 25.0 Å². The second kappa shape index (κ2) is 9.50. The second-order valence-corrected chi connectivity index (χ2v) is 8.85. The number of likely N-dealkylation sites (tertiary alicyclic amines) is 1. The third kappa shape index (κ3) is 4.65. The molecule has 2 aromatic carbocycles. The van der Waals surface area contributed by atoms with Gasteiger partial charge in [0, 0.05) is 24.6 Å². The van der Waals surface area contributed by atoms with Crippen molar-refractivity contribution >= 4 is 11.8 Å². The number of carbonyl (C=O) groups is 1. The third-order valence-electron chi connectivity index (χ3n) is 6.55. The highest BCUT2D eigenvalue weighted by Crippen LogP contribution is 2.32. The van der Waals surface area contributed by atoms with Gasteiger partial charge in [0.05, 0.1) is 24.0 Å². The van der Waals surface area contributed by atoms with Gasteiger partial charge >= 0.3 is 6.03 Å². The number of nitrogens with one attached hydrogen (secondary N) is 2. The molecule has 9 heteroatoms. The molecule has 1 aliphatic heterocycles. The van der Waals surface area contributed by atoms with Crippen LogP contribution in [0.1, 0.15) is 29.2 Å². The van der Waals surface area contributed by atoms with E-state index in [4.69, 9.17) is 5.10 Å². The Hall–Kier alpha value is -3.33. The first kappa shape index (κ1) is 22.5. The van der Waals surface area contributed by atoms with Crippen LogP contribution in [0.25, 0.3) is 5.69 Å². The quantitative estimate of drug-likeness (QED) is 0.564. The summed E-state index contributed by atoms with van der Waals surface area (Å²) in [4.78, 5) is 14.8. The first-order valence-corrected chi connectivity index (χ1v) is 11.5. The predicted molar refractivity (Wildman–Crippen MR) is 123 cm³/mol. The molecule has 2 amide bonds. The van der Waals surface area contributed by atoms with Crippen molar-refractivity contribution < 1.29 is 18.0 Å². The zero-order valence-electron chi connectivity index (χ0n) is 18.6. The zero-order valence-corrected chi connectivity index (χ0v) is 18.6. The highest BCUT2D eigenvalue weighted by Gasteiger charge is 2.36. The van der Waals surface area contributed by atoms with Crippen LogP contribution in [0, 0.1) is 5.82 Å². The molecule has 1 saturated heterocycles. The van der Waals surface area contributed by atoms with Gasteiger partial charge in [-0.2, -0.15) is 5.10 Å². The number of rotatable bonds is 6. The summed E-state index contributed by atoms with van der Waals surface area (Å²) in [6.45, 7) is 0.278. The number of amides is 2. The average molecular weight is 470 g/mol. The number of halogens is 3. The predicted octanol–water partition coefficient (Wildman–Crippen LogP) is 4.35. The largest absolute Gasteiger partial charge is 0.333 e. The van der Waals surface area contributed by atoms with Gasteiger partial charge in [0.2, 0.25) is 0 Å². The maximum atomic E-state index is 13.4. The molecule has 2 atom stereocenters. The topological polar surface area (TPSA) is 62.2 Å². The Morgan fingerprint density at radius 3 is 2.56 bits per heavy atom. The molecule has 1 fully saturated rings. The minimum Gasteiger partial charge on any atom is -0.333 e. The van der Waals surface area contributed by atoms with Crippen molar-refractivity contribution in [3.05, 3.63) is 77.2 Å². The van der Waals surface area contributed by atoms with E-state index >= 15 is 0 Å². The van der Waals surface area contributed by atoms with Crippen LogP contribution in [0.5, 0.6) is 0 Å². The minimum absolute atomic E-state index is 0.227. The van der Waals surface area contributed by atoms with Crippen molar-refractivity contribution in [1.82, 2.24) is 20.0 Å². The molecule has 2 N–H and O–H groups in total. The number of aromatic nitrogens is 2. The van der Waals surface area contributed by atoms with Gasteiger partial charge in [-0.25, -0.2) is 22.6 Å². The van der Waals surface area contributed by atoms with E-state index in [9.17, 15) is 18.0 Å². The van der Waals surface area contributed by atoms with E-state index in [0.717, 1.165) is 41.8 Å². The molecule has 5 rings (SSSR count). The van der Waals surface area contributed by atoms with E-state index in [1.54, 1.807) is 21.7 Å². The van der Waals surface area contributed by atoms with Gasteiger partial charge in [-0.1, -0.05) is 30.3 Å². The molecule has 6 nitrogen and oxygen atoms in total. The van der Waals surface area contributed by atoms with Crippen molar-refractivity contribution in [2.24, 2.45) is 0 Å². The molecule has 1 aromatic heterocycles. The summed E-state index contributed by atoms with van der Waals surface area (Å²) in [5.41, 5.74) is 3.66. The summed E-state index contributed by atoms with van der Waals surface area (Å²) in [6, 6.07) is 14.8. The van der Waals surface area contributed by atoms with Crippen molar-refractivity contribution in [3.8, 4) is 5.69 Å². The van der Waals surface area contributed by atoms with Gasteiger partial charge in [-0.3, -0.25) is 10.2 Å². The van der Waals surface area contributed by atoms with E-state index in [1.807, 2.05) is 30.3 Å². The SMILES string of the molecule is O=C(Nc1c2c(nn1-c1ccccc1)CCC2)N[C@H]1CN(CC(F)F)C[C@@H]1c1ccc(F)cc1. The zero-order chi connectivity index (χ0) is 23.7. The van der Waals surface area contributed by atoms with Crippen molar-refractivity contribution in [3.63, 3.8) is 0 Å². The smallest absolute Gasteiger partial charge is 0.320 e. The molecule has 0 radical (unpaired) electrons. The first-order chi connectivity index (χ1) is 16.5. The molecular weight excluding hydrogens is 443 g/mol. The number of hydrogen-bond donors (Lipinski definition) is 2.